The summed E-state index contributed by atoms with van der Waals surface area (Å²) in [6.45, 7) is -0.215. The molecule has 6 nitrogen and oxygen atoms in total. The zero-order valence-corrected chi connectivity index (χ0v) is 15.1. The van der Waals surface area contributed by atoms with Gasteiger partial charge in [-0.25, -0.2) is 5.43 Å². The Morgan fingerprint density at radius 3 is 2.56 bits per heavy atom. The Morgan fingerprint density at radius 1 is 1.12 bits per heavy atom. The van der Waals surface area contributed by atoms with Gasteiger partial charge in [-0.3, -0.25) is 4.79 Å². The van der Waals surface area contributed by atoms with E-state index in [9.17, 15) is 4.79 Å². The lowest BCUT2D eigenvalue weighted by Gasteiger charge is -2.10. The minimum absolute atomic E-state index is 0.215. The molecule has 0 bridgehead atoms. The Labute approximate surface area is 155 Å². The summed E-state index contributed by atoms with van der Waals surface area (Å²) in [4.78, 5) is 11.7. The number of ether oxygens (including phenoxy) is 3. The summed E-state index contributed by atoms with van der Waals surface area (Å²) in [6.07, 6.45) is 1.43. The highest BCUT2D eigenvalue weighted by molar-refractivity contribution is 6.32. The van der Waals surface area contributed by atoms with Crippen LogP contribution in [0.15, 0.2) is 41.5 Å². The van der Waals surface area contributed by atoms with Crippen LogP contribution in [0, 0.1) is 0 Å². The van der Waals surface area contributed by atoms with Crippen LogP contribution < -0.4 is 19.6 Å². The van der Waals surface area contributed by atoms with E-state index in [1.54, 1.807) is 36.4 Å². The van der Waals surface area contributed by atoms with Gasteiger partial charge in [0.05, 0.1) is 30.5 Å². The summed E-state index contributed by atoms with van der Waals surface area (Å²) in [6, 6.07) is 10.2. The number of benzene rings is 2. The smallest absolute Gasteiger partial charge is 0.277 e. The molecule has 0 unspecified atom stereocenters. The molecule has 25 heavy (non-hydrogen) atoms. The van der Waals surface area contributed by atoms with Crippen molar-refractivity contribution in [1.29, 1.82) is 0 Å². The first-order valence-corrected chi connectivity index (χ1v) is 7.91. The number of nitrogens with zero attached hydrogens (tertiary/aromatic N) is 1. The fraction of sp³-hybridized carbons (Fsp3) is 0.176. The maximum Gasteiger partial charge on any atom is 0.277 e. The highest BCUT2D eigenvalue weighted by Gasteiger charge is 2.10. The second-order valence-corrected chi connectivity index (χ2v) is 5.56. The largest absolute Gasteiger partial charge is 0.493 e. The molecule has 0 saturated carbocycles. The zero-order chi connectivity index (χ0) is 18.2. The molecule has 0 aliphatic heterocycles. The van der Waals surface area contributed by atoms with Crippen molar-refractivity contribution in [2.24, 2.45) is 5.10 Å². The molecule has 2 aromatic carbocycles. The van der Waals surface area contributed by atoms with Crippen LogP contribution in [0.25, 0.3) is 0 Å². The topological polar surface area (TPSA) is 69.2 Å². The lowest BCUT2D eigenvalue weighted by Crippen LogP contribution is -2.24. The fourth-order valence-electron chi connectivity index (χ4n) is 1.93. The predicted molar refractivity (Wildman–Crippen MR) is 97.2 cm³/mol. The number of methoxy groups -OCH3 is 2. The first kappa shape index (κ1) is 18.9. The number of halogens is 2. The number of carbonyl (C=O) groups is 1. The van der Waals surface area contributed by atoms with E-state index in [1.165, 1.54) is 20.4 Å². The van der Waals surface area contributed by atoms with E-state index in [0.29, 0.717) is 32.9 Å². The summed E-state index contributed by atoms with van der Waals surface area (Å²) >= 11 is 12.0. The average molecular weight is 383 g/mol. The number of hydrogen-bond acceptors (Lipinski definition) is 5. The third-order valence-electron chi connectivity index (χ3n) is 3.05. The number of para-hydroxylation sites is 1. The number of nitrogens with one attached hydrogen (secondary N) is 1. The molecule has 0 atom stereocenters. The van der Waals surface area contributed by atoms with Crippen molar-refractivity contribution in [2.75, 3.05) is 20.8 Å². The lowest BCUT2D eigenvalue weighted by molar-refractivity contribution is -0.123. The Kier molecular flexibility index (Phi) is 6.91. The Morgan fingerprint density at radius 2 is 1.88 bits per heavy atom. The first-order valence-electron chi connectivity index (χ1n) is 7.16. The standard InChI is InChI=1S/C17H16Cl2N2O4/c1-23-15-8-11(7-13(19)17(15)24-2)9-20-21-16(22)10-25-14-6-4-3-5-12(14)18/h3-9H,10H2,1-2H3,(H,21,22)/b20-9+. The van der Waals surface area contributed by atoms with E-state index in [2.05, 4.69) is 10.5 Å². The van der Waals surface area contributed by atoms with Gasteiger partial charge in [0.25, 0.3) is 5.91 Å². The summed E-state index contributed by atoms with van der Waals surface area (Å²) < 4.78 is 15.7. The van der Waals surface area contributed by atoms with Crippen LogP contribution >= 0.6 is 23.2 Å². The van der Waals surface area contributed by atoms with Crippen molar-refractivity contribution in [3.8, 4) is 17.2 Å². The minimum Gasteiger partial charge on any atom is -0.493 e. The van der Waals surface area contributed by atoms with Crippen molar-refractivity contribution in [3.63, 3.8) is 0 Å². The van der Waals surface area contributed by atoms with Crippen molar-refractivity contribution >= 4 is 35.3 Å². The molecule has 8 heteroatoms. The number of amides is 1. The molecule has 0 fully saturated rings. The molecule has 0 saturated heterocycles. The van der Waals surface area contributed by atoms with E-state index in [4.69, 9.17) is 37.4 Å². The van der Waals surface area contributed by atoms with Crippen LogP contribution in [-0.4, -0.2) is 32.9 Å². The summed E-state index contributed by atoms with van der Waals surface area (Å²) in [5.74, 6) is 0.890. The van der Waals surface area contributed by atoms with Gasteiger partial charge in [0.2, 0.25) is 0 Å². The predicted octanol–water partition coefficient (Wildman–Crippen LogP) is 3.54. The molecule has 0 radical (unpaired) electrons. The number of rotatable bonds is 7. The summed E-state index contributed by atoms with van der Waals surface area (Å²) in [7, 11) is 3.00. The van der Waals surface area contributed by atoms with E-state index in [0.717, 1.165) is 0 Å². The molecule has 0 spiro atoms. The van der Waals surface area contributed by atoms with E-state index < -0.39 is 5.91 Å². The van der Waals surface area contributed by atoms with Gasteiger partial charge < -0.3 is 14.2 Å². The van der Waals surface area contributed by atoms with Gasteiger partial charge in [0.1, 0.15) is 5.75 Å². The zero-order valence-electron chi connectivity index (χ0n) is 13.6. The van der Waals surface area contributed by atoms with Crippen molar-refractivity contribution in [1.82, 2.24) is 5.43 Å². The minimum atomic E-state index is -0.428. The van der Waals surface area contributed by atoms with Crippen LogP contribution in [0.2, 0.25) is 10.0 Å². The van der Waals surface area contributed by atoms with E-state index in [1.807, 2.05) is 0 Å². The molecule has 2 aromatic rings. The molecule has 0 heterocycles. The van der Waals surface area contributed by atoms with Crippen LogP contribution in [0.1, 0.15) is 5.56 Å². The van der Waals surface area contributed by atoms with Gasteiger partial charge in [-0.2, -0.15) is 5.10 Å². The highest BCUT2D eigenvalue weighted by atomic mass is 35.5. The van der Waals surface area contributed by atoms with Gasteiger partial charge in [0, 0.05) is 0 Å². The van der Waals surface area contributed by atoms with Crippen molar-refractivity contribution in [2.45, 2.75) is 0 Å². The first-order chi connectivity index (χ1) is 12.0. The van der Waals surface area contributed by atoms with E-state index in [-0.39, 0.29) is 6.61 Å². The molecule has 1 N–H and O–H groups in total. The lowest BCUT2D eigenvalue weighted by atomic mass is 10.2. The highest BCUT2D eigenvalue weighted by Crippen LogP contribution is 2.35. The second-order valence-electron chi connectivity index (χ2n) is 4.75. The maximum atomic E-state index is 11.7. The van der Waals surface area contributed by atoms with Gasteiger partial charge in [0.15, 0.2) is 18.1 Å². The molecular weight excluding hydrogens is 367 g/mol. The molecule has 132 valence electrons. The molecular formula is C17H16Cl2N2O4. The SMILES string of the molecule is COc1cc(/C=N/NC(=O)COc2ccccc2Cl)cc(Cl)c1OC. The molecule has 0 aliphatic carbocycles. The Bertz CT molecular complexity index is 781. The van der Waals surface area contributed by atoms with Crippen molar-refractivity contribution in [3.05, 3.63) is 52.0 Å². The number of carbonyl (C=O) groups excluding carboxylic acids is 1. The fourth-order valence-corrected chi connectivity index (χ4v) is 2.42. The Balaban J connectivity index is 1.93. The van der Waals surface area contributed by atoms with Crippen molar-refractivity contribution < 1.29 is 19.0 Å². The van der Waals surface area contributed by atoms with Crippen LogP contribution in [0.5, 0.6) is 17.2 Å². The summed E-state index contributed by atoms with van der Waals surface area (Å²) in [5, 5.41) is 4.66. The Hall–Kier alpha value is -2.44. The van der Waals surface area contributed by atoms with Crippen LogP contribution in [0.4, 0.5) is 0 Å². The van der Waals surface area contributed by atoms with Gasteiger partial charge in [-0.1, -0.05) is 35.3 Å². The average Bonchev–Trinajstić information content (AvgIpc) is 2.60. The second kappa shape index (κ2) is 9.15. The van der Waals surface area contributed by atoms with Crippen LogP contribution in [-0.2, 0) is 4.79 Å². The third-order valence-corrected chi connectivity index (χ3v) is 3.65. The number of hydrazone groups is 1. The monoisotopic (exact) mass is 382 g/mol. The normalized spacial score (nSPS) is 10.6. The van der Waals surface area contributed by atoms with Gasteiger partial charge in [-0.05, 0) is 29.8 Å². The molecule has 1 amide bonds. The summed E-state index contributed by atoms with van der Waals surface area (Å²) in [5.41, 5.74) is 2.99. The van der Waals surface area contributed by atoms with E-state index >= 15 is 0 Å². The van der Waals surface area contributed by atoms with Gasteiger partial charge >= 0.3 is 0 Å². The third kappa shape index (κ3) is 5.27. The molecule has 0 aromatic heterocycles. The quantitative estimate of drug-likeness (QED) is 0.587. The molecule has 2 rings (SSSR count). The van der Waals surface area contributed by atoms with Gasteiger partial charge in [-0.15, -0.1) is 0 Å². The number of hydrogen-bond donors (Lipinski definition) is 1. The van der Waals surface area contributed by atoms with Crippen LogP contribution in [0.3, 0.4) is 0 Å². The maximum absolute atomic E-state index is 11.7. The molecule has 0 aliphatic rings.